The Morgan fingerprint density at radius 3 is 2.61 bits per heavy atom. The molecule has 2 bridgehead atoms. The van der Waals surface area contributed by atoms with Gasteiger partial charge in [-0.2, -0.15) is 0 Å². The maximum absolute atomic E-state index is 6.88. The Morgan fingerprint density at radius 1 is 0.944 bits per heavy atom. The zero-order valence-corrected chi connectivity index (χ0v) is 11.5. The number of nitrogens with two attached hydrogens (primary N) is 1. The fourth-order valence-corrected chi connectivity index (χ4v) is 5.40. The molecule has 4 rings (SSSR count). The summed E-state index contributed by atoms with van der Waals surface area (Å²) in [6.07, 6.45) is 9.71. The van der Waals surface area contributed by atoms with Gasteiger partial charge in [-0.15, -0.1) is 0 Å². The number of piperidine rings is 4. The normalized spacial score (nSPS) is 49.5. The summed E-state index contributed by atoms with van der Waals surface area (Å²) in [4.78, 5) is 5.51. The van der Waals surface area contributed by atoms with Gasteiger partial charge in [0.05, 0.1) is 0 Å². The van der Waals surface area contributed by atoms with E-state index < -0.39 is 0 Å². The monoisotopic (exact) mass is 249 g/mol. The highest BCUT2D eigenvalue weighted by Crippen LogP contribution is 2.43. The first kappa shape index (κ1) is 11.7. The summed E-state index contributed by atoms with van der Waals surface area (Å²) < 4.78 is 0. The second-order valence-electron chi connectivity index (χ2n) is 7.24. The van der Waals surface area contributed by atoms with Crippen molar-refractivity contribution in [1.82, 2.24) is 9.80 Å². The van der Waals surface area contributed by atoms with Gasteiger partial charge in [-0.3, -0.25) is 9.80 Å². The zero-order chi connectivity index (χ0) is 12.2. The van der Waals surface area contributed by atoms with Gasteiger partial charge in [0.2, 0.25) is 0 Å². The largest absolute Gasteiger partial charge is 0.323 e. The third-order valence-corrected chi connectivity index (χ3v) is 6.09. The van der Waals surface area contributed by atoms with Crippen molar-refractivity contribution in [1.29, 1.82) is 0 Å². The molecule has 4 aliphatic heterocycles. The Bertz CT molecular complexity index is 330. The standard InChI is InChI=1S/C15H27N3/c16-15-9-12(10-17-7-4-2-6-14(15)17)13-5-1-3-8-18(13)11-15/h12-14H,1-11,16H2. The minimum absolute atomic E-state index is 0.108. The van der Waals surface area contributed by atoms with E-state index in [-0.39, 0.29) is 5.54 Å². The molecule has 4 heterocycles. The molecule has 0 radical (unpaired) electrons. The summed E-state index contributed by atoms with van der Waals surface area (Å²) in [5.41, 5.74) is 6.99. The van der Waals surface area contributed by atoms with Crippen LogP contribution in [0.25, 0.3) is 0 Å². The third kappa shape index (κ3) is 1.67. The van der Waals surface area contributed by atoms with E-state index in [1.54, 1.807) is 0 Å². The van der Waals surface area contributed by atoms with Crippen molar-refractivity contribution >= 4 is 0 Å². The number of hydrogen-bond donors (Lipinski definition) is 1. The molecule has 0 aromatic carbocycles. The van der Waals surface area contributed by atoms with Gasteiger partial charge in [0, 0.05) is 30.7 Å². The molecule has 0 aliphatic carbocycles. The first-order chi connectivity index (χ1) is 8.76. The number of fused-ring (bicyclic) bond motifs is 6. The highest BCUT2D eigenvalue weighted by molar-refractivity contribution is 5.11. The Labute approximate surface area is 111 Å². The molecule has 4 atom stereocenters. The first-order valence-electron chi connectivity index (χ1n) is 8.03. The summed E-state index contributed by atoms with van der Waals surface area (Å²) in [6, 6.07) is 1.55. The molecule has 0 aromatic heterocycles. The van der Waals surface area contributed by atoms with Crippen molar-refractivity contribution in [3.05, 3.63) is 0 Å². The summed E-state index contributed by atoms with van der Waals surface area (Å²) in [5, 5.41) is 0. The number of rotatable bonds is 0. The molecule has 102 valence electrons. The molecule has 0 aromatic rings. The van der Waals surface area contributed by atoms with Crippen LogP contribution in [0.2, 0.25) is 0 Å². The summed E-state index contributed by atoms with van der Waals surface area (Å²) in [5.74, 6) is 0.860. The second-order valence-corrected chi connectivity index (χ2v) is 7.24. The lowest BCUT2D eigenvalue weighted by Crippen LogP contribution is -2.75. The lowest BCUT2D eigenvalue weighted by molar-refractivity contribution is -0.0854. The third-order valence-electron chi connectivity index (χ3n) is 6.09. The Hall–Kier alpha value is -0.120. The van der Waals surface area contributed by atoms with E-state index in [9.17, 15) is 0 Å². The SMILES string of the molecule is NC12CC(CN3CCCCC31)C1CCCCN1C2. The number of nitrogens with zero attached hydrogens (tertiary/aromatic N) is 2. The van der Waals surface area contributed by atoms with Gasteiger partial charge in [-0.1, -0.05) is 12.8 Å². The van der Waals surface area contributed by atoms with E-state index in [0.717, 1.165) is 12.0 Å². The van der Waals surface area contributed by atoms with Gasteiger partial charge in [0.15, 0.2) is 0 Å². The predicted octanol–water partition coefficient (Wildman–Crippen LogP) is 1.43. The highest BCUT2D eigenvalue weighted by atomic mass is 15.3. The Morgan fingerprint density at radius 2 is 1.72 bits per heavy atom. The molecule has 4 fully saturated rings. The highest BCUT2D eigenvalue weighted by Gasteiger charge is 2.53. The fourth-order valence-electron chi connectivity index (χ4n) is 5.40. The fraction of sp³-hybridized carbons (Fsp3) is 1.00. The van der Waals surface area contributed by atoms with Crippen LogP contribution in [0.1, 0.15) is 44.9 Å². The summed E-state index contributed by atoms with van der Waals surface area (Å²) in [6.45, 7) is 5.14. The lowest BCUT2D eigenvalue weighted by Gasteiger charge is -2.61. The Kier molecular flexibility index (Phi) is 2.72. The molecule has 4 aliphatic rings. The summed E-state index contributed by atoms with van der Waals surface area (Å²) in [7, 11) is 0. The maximum Gasteiger partial charge on any atom is 0.0444 e. The van der Waals surface area contributed by atoms with E-state index >= 15 is 0 Å². The molecule has 3 heteroatoms. The second kappa shape index (κ2) is 4.19. The van der Waals surface area contributed by atoms with Crippen molar-refractivity contribution < 1.29 is 0 Å². The molecule has 18 heavy (non-hydrogen) atoms. The van der Waals surface area contributed by atoms with Crippen molar-refractivity contribution in [3.63, 3.8) is 0 Å². The van der Waals surface area contributed by atoms with Crippen molar-refractivity contribution in [2.45, 2.75) is 62.6 Å². The molecule has 4 saturated heterocycles. The van der Waals surface area contributed by atoms with E-state index in [1.165, 1.54) is 71.1 Å². The zero-order valence-electron chi connectivity index (χ0n) is 11.5. The minimum Gasteiger partial charge on any atom is -0.323 e. The van der Waals surface area contributed by atoms with Gasteiger partial charge < -0.3 is 5.73 Å². The maximum atomic E-state index is 6.88. The topological polar surface area (TPSA) is 32.5 Å². The van der Waals surface area contributed by atoms with E-state index in [2.05, 4.69) is 9.80 Å². The van der Waals surface area contributed by atoms with Crippen molar-refractivity contribution in [2.24, 2.45) is 11.7 Å². The van der Waals surface area contributed by atoms with Crippen LogP contribution in [0.5, 0.6) is 0 Å². The molecular weight excluding hydrogens is 222 g/mol. The van der Waals surface area contributed by atoms with Crippen LogP contribution in [0.4, 0.5) is 0 Å². The summed E-state index contributed by atoms with van der Waals surface area (Å²) >= 11 is 0. The van der Waals surface area contributed by atoms with Crippen LogP contribution in [0.15, 0.2) is 0 Å². The molecular formula is C15H27N3. The van der Waals surface area contributed by atoms with Crippen LogP contribution in [0.3, 0.4) is 0 Å². The van der Waals surface area contributed by atoms with Gasteiger partial charge >= 0.3 is 0 Å². The van der Waals surface area contributed by atoms with Gasteiger partial charge in [0.25, 0.3) is 0 Å². The average Bonchev–Trinajstić information content (AvgIpc) is 2.38. The Balaban J connectivity index is 1.63. The lowest BCUT2D eigenvalue weighted by atomic mass is 9.67. The average molecular weight is 249 g/mol. The van der Waals surface area contributed by atoms with Gasteiger partial charge in [0.1, 0.15) is 0 Å². The van der Waals surface area contributed by atoms with Gasteiger partial charge in [-0.25, -0.2) is 0 Å². The van der Waals surface area contributed by atoms with Crippen LogP contribution >= 0.6 is 0 Å². The van der Waals surface area contributed by atoms with Crippen molar-refractivity contribution in [3.8, 4) is 0 Å². The molecule has 0 saturated carbocycles. The quantitative estimate of drug-likeness (QED) is 0.705. The van der Waals surface area contributed by atoms with Gasteiger partial charge in [-0.05, 0) is 51.1 Å². The van der Waals surface area contributed by atoms with Crippen LogP contribution < -0.4 is 5.73 Å². The molecule has 4 unspecified atom stereocenters. The van der Waals surface area contributed by atoms with E-state index in [4.69, 9.17) is 5.73 Å². The van der Waals surface area contributed by atoms with E-state index in [0.29, 0.717) is 6.04 Å². The van der Waals surface area contributed by atoms with Crippen LogP contribution in [0, 0.1) is 5.92 Å². The van der Waals surface area contributed by atoms with Crippen LogP contribution in [-0.2, 0) is 0 Å². The predicted molar refractivity (Wildman–Crippen MR) is 73.4 cm³/mol. The molecule has 0 spiro atoms. The van der Waals surface area contributed by atoms with Crippen molar-refractivity contribution in [2.75, 3.05) is 26.2 Å². The smallest absolute Gasteiger partial charge is 0.0444 e. The van der Waals surface area contributed by atoms with E-state index in [1.807, 2.05) is 0 Å². The molecule has 3 nitrogen and oxygen atoms in total. The number of hydrogen-bond acceptors (Lipinski definition) is 3. The molecule has 0 amide bonds. The minimum atomic E-state index is 0.108. The molecule has 2 N–H and O–H groups in total. The van der Waals surface area contributed by atoms with Crippen LogP contribution in [-0.4, -0.2) is 53.6 Å². The first-order valence-corrected chi connectivity index (χ1v) is 8.03.